The molecule has 0 N–H and O–H groups in total. The van der Waals surface area contributed by atoms with E-state index in [9.17, 15) is 44.3 Å². The zero-order valence-electron chi connectivity index (χ0n) is 23.0. The van der Waals surface area contributed by atoms with E-state index >= 15 is 0 Å². The number of ether oxygens (including phenoxy) is 2. The van der Waals surface area contributed by atoms with Crippen molar-refractivity contribution >= 4 is 6.09 Å². The SMILES string of the molecule is CC(C)COc1c(C(F)(F)F)ccc(-c2ccccc2)c1CN1C(=O)OC(c2cc(C(F)(F)F)cc(C(F)(F)F)c2)C1C. The Morgan fingerprint density at radius 1 is 0.837 bits per heavy atom. The van der Waals surface area contributed by atoms with Gasteiger partial charge in [-0.2, -0.15) is 39.5 Å². The summed E-state index contributed by atoms with van der Waals surface area (Å²) in [5.41, 5.74) is -4.12. The highest BCUT2D eigenvalue weighted by Gasteiger charge is 2.44. The van der Waals surface area contributed by atoms with Crippen LogP contribution in [-0.4, -0.2) is 23.6 Å². The molecule has 1 saturated heterocycles. The first-order valence-corrected chi connectivity index (χ1v) is 13.1. The number of hydrogen-bond acceptors (Lipinski definition) is 3. The summed E-state index contributed by atoms with van der Waals surface area (Å²) in [6, 6.07) is 10.1. The Morgan fingerprint density at radius 3 is 1.93 bits per heavy atom. The fraction of sp³-hybridized carbons (Fsp3) is 0.367. The van der Waals surface area contributed by atoms with Crippen molar-refractivity contribution in [3.05, 3.63) is 88.5 Å². The number of rotatable bonds is 7. The highest BCUT2D eigenvalue weighted by molar-refractivity contribution is 5.75. The zero-order valence-corrected chi connectivity index (χ0v) is 23.0. The molecule has 0 saturated carbocycles. The number of amides is 1. The Balaban J connectivity index is 1.82. The van der Waals surface area contributed by atoms with Crippen LogP contribution in [-0.2, 0) is 29.8 Å². The lowest BCUT2D eigenvalue weighted by Gasteiger charge is -2.26. The molecule has 0 aliphatic carbocycles. The summed E-state index contributed by atoms with van der Waals surface area (Å²) >= 11 is 0. The van der Waals surface area contributed by atoms with Gasteiger partial charge >= 0.3 is 24.6 Å². The monoisotopic (exact) mass is 619 g/mol. The maximum atomic E-state index is 14.1. The summed E-state index contributed by atoms with van der Waals surface area (Å²) < 4.78 is 134. The van der Waals surface area contributed by atoms with E-state index in [1.165, 1.54) is 13.0 Å². The minimum Gasteiger partial charge on any atom is -0.492 e. The fourth-order valence-electron chi connectivity index (χ4n) is 4.78. The van der Waals surface area contributed by atoms with E-state index in [-0.39, 0.29) is 29.7 Å². The molecule has 1 aliphatic heterocycles. The van der Waals surface area contributed by atoms with Gasteiger partial charge in [0.2, 0.25) is 0 Å². The average Bonchev–Trinajstić information content (AvgIpc) is 3.19. The maximum absolute atomic E-state index is 14.1. The number of hydrogen-bond donors (Lipinski definition) is 0. The van der Waals surface area contributed by atoms with Crippen LogP contribution in [0.3, 0.4) is 0 Å². The van der Waals surface area contributed by atoms with Gasteiger partial charge in [0.15, 0.2) is 0 Å². The van der Waals surface area contributed by atoms with Crippen molar-refractivity contribution in [2.24, 2.45) is 5.92 Å². The predicted octanol–water partition coefficient (Wildman–Crippen LogP) is 9.53. The number of benzene rings is 3. The second-order valence-corrected chi connectivity index (χ2v) is 10.5. The van der Waals surface area contributed by atoms with E-state index in [0.717, 1.165) is 11.0 Å². The smallest absolute Gasteiger partial charge is 0.419 e. The van der Waals surface area contributed by atoms with Gasteiger partial charge in [0.05, 0.1) is 35.9 Å². The van der Waals surface area contributed by atoms with E-state index in [1.807, 2.05) is 0 Å². The van der Waals surface area contributed by atoms with Crippen molar-refractivity contribution in [3.63, 3.8) is 0 Å². The second-order valence-electron chi connectivity index (χ2n) is 10.5. The molecule has 0 bridgehead atoms. The summed E-state index contributed by atoms with van der Waals surface area (Å²) in [6.45, 7) is 4.13. The van der Waals surface area contributed by atoms with Crippen LogP contribution < -0.4 is 4.74 Å². The quantitative estimate of drug-likeness (QED) is 0.247. The summed E-state index contributed by atoms with van der Waals surface area (Å²) in [5.74, 6) is -0.720. The third-order valence-electron chi connectivity index (χ3n) is 6.87. The first-order valence-electron chi connectivity index (χ1n) is 13.1. The largest absolute Gasteiger partial charge is 0.492 e. The molecule has 1 fully saturated rings. The van der Waals surface area contributed by atoms with Crippen molar-refractivity contribution in [2.45, 2.75) is 58.0 Å². The Labute approximate surface area is 241 Å². The van der Waals surface area contributed by atoms with Crippen LogP contribution in [0.4, 0.5) is 44.3 Å². The molecule has 43 heavy (non-hydrogen) atoms. The van der Waals surface area contributed by atoms with E-state index in [1.54, 1.807) is 44.2 Å². The minimum absolute atomic E-state index is 0.0458. The van der Waals surface area contributed by atoms with Crippen molar-refractivity contribution < 1.29 is 53.8 Å². The lowest BCUT2D eigenvalue weighted by atomic mass is 9.94. The molecule has 3 aromatic rings. The maximum Gasteiger partial charge on any atom is 0.419 e. The van der Waals surface area contributed by atoms with Crippen LogP contribution >= 0.6 is 0 Å². The first kappa shape index (κ1) is 32.0. The van der Waals surface area contributed by atoms with E-state index < -0.39 is 71.3 Å². The molecule has 0 spiro atoms. The Morgan fingerprint density at radius 2 is 1.42 bits per heavy atom. The lowest BCUT2D eigenvalue weighted by molar-refractivity contribution is -0.143. The van der Waals surface area contributed by atoms with Gasteiger partial charge in [-0.15, -0.1) is 0 Å². The Hall–Kier alpha value is -3.90. The molecule has 13 heteroatoms. The van der Waals surface area contributed by atoms with Gasteiger partial charge in [-0.25, -0.2) is 4.79 Å². The van der Waals surface area contributed by atoms with E-state index in [0.29, 0.717) is 17.7 Å². The highest BCUT2D eigenvalue weighted by atomic mass is 19.4. The molecular weight excluding hydrogens is 593 g/mol. The molecule has 1 aliphatic rings. The molecule has 3 aromatic carbocycles. The molecule has 2 atom stereocenters. The van der Waals surface area contributed by atoms with Gasteiger partial charge in [-0.1, -0.05) is 50.2 Å². The number of carbonyl (C=O) groups is 1. The standard InChI is InChI=1S/C30H26F9NO3/c1-16(2)15-42-26-23(22(18-7-5-4-6-8-18)9-10-24(26)30(37,38)39)14-40-17(3)25(43-27(40)41)19-11-20(28(31,32)33)13-21(12-19)29(34,35)36/h4-13,16-17,25H,14-15H2,1-3H3. The van der Waals surface area contributed by atoms with Crippen molar-refractivity contribution in [3.8, 4) is 16.9 Å². The third kappa shape index (κ3) is 7.02. The van der Waals surface area contributed by atoms with Gasteiger partial charge in [0.25, 0.3) is 0 Å². The van der Waals surface area contributed by atoms with Gasteiger partial charge in [0.1, 0.15) is 11.9 Å². The number of cyclic esters (lactones) is 1. The molecular formula is C30H26F9NO3. The first-order chi connectivity index (χ1) is 19.9. The molecule has 4 nitrogen and oxygen atoms in total. The fourth-order valence-corrected chi connectivity index (χ4v) is 4.78. The van der Waals surface area contributed by atoms with Crippen LogP contribution in [0.2, 0.25) is 0 Å². The summed E-state index contributed by atoms with van der Waals surface area (Å²) in [4.78, 5) is 14.0. The van der Waals surface area contributed by atoms with E-state index in [4.69, 9.17) is 9.47 Å². The second kappa shape index (κ2) is 11.6. The summed E-state index contributed by atoms with van der Waals surface area (Å²) in [6.07, 6.45) is -17.8. The Bertz CT molecular complexity index is 1430. The number of nitrogens with zero attached hydrogens (tertiary/aromatic N) is 1. The van der Waals surface area contributed by atoms with Crippen molar-refractivity contribution in [1.29, 1.82) is 0 Å². The molecule has 0 aromatic heterocycles. The van der Waals surface area contributed by atoms with Gasteiger partial charge in [-0.05, 0) is 53.8 Å². The third-order valence-corrected chi connectivity index (χ3v) is 6.87. The topological polar surface area (TPSA) is 38.8 Å². The number of halogens is 9. The Kier molecular flexibility index (Phi) is 8.67. The lowest BCUT2D eigenvalue weighted by Crippen LogP contribution is -2.32. The van der Waals surface area contributed by atoms with E-state index in [2.05, 4.69) is 0 Å². The molecule has 2 unspecified atom stereocenters. The van der Waals surface area contributed by atoms with Crippen LogP contribution in [0, 0.1) is 5.92 Å². The van der Waals surface area contributed by atoms with Crippen molar-refractivity contribution in [1.82, 2.24) is 4.90 Å². The van der Waals surface area contributed by atoms with Crippen LogP contribution in [0.1, 0.15) is 54.7 Å². The molecule has 1 heterocycles. The number of alkyl halides is 9. The molecule has 1 amide bonds. The summed E-state index contributed by atoms with van der Waals surface area (Å²) in [5, 5.41) is 0. The van der Waals surface area contributed by atoms with Gasteiger partial charge < -0.3 is 9.47 Å². The molecule has 4 rings (SSSR count). The van der Waals surface area contributed by atoms with Crippen LogP contribution in [0.5, 0.6) is 5.75 Å². The summed E-state index contributed by atoms with van der Waals surface area (Å²) in [7, 11) is 0. The minimum atomic E-state index is -5.13. The highest BCUT2D eigenvalue weighted by Crippen LogP contribution is 2.45. The van der Waals surface area contributed by atoms with Crippen LogP contribution in [0.15, 0.2) is 60.7 Å². The average molecular weight is 620 g/mol. The normalized spacial score (nSPS) is 17.9. The van der Waals surface area contributed by atoms with Gasteiger partial charge in [0, 0.05) is 5.56 Å². The molecule has 232 valence electrons. The molecule has 0 radical (unpaired) electrons. The van der Waals surface area contributed by atoms with Crippen molar-refractivity contribution in [2.75, 3.05) is 6.61 Å². The van der Waals surface area contributed by atoms with Crippen LogP contribution in [0.25, 0.3) is 11.1 Å². The zero-order chi connectivity index (χ0) is 31.9. The number of carbonyl (C=O) groups excluding carboxylic acids is 1. The van der Waals surface area contributed by atoms with Gasteiger partial charge in [-0.3, -0.25) is 4.90 Å². The predicted molar refractivity (Wildman–Crippen MR) is 138 cm³/mol.